The number of aliphatic hydroxyl groups excluding tert-OH is 1. The number of likely N-dealkylation sites (tertiary alicyclic amines) is 1. The number of ketones is 1. The normalized spacial score (nSPS) is 17.6. The first-order valence-corrected chi connectivity index (χ1v) is 11.4. The first kappa shape index (κ1) is 22.8. The predicted octanol–water partition coefficient (Wildman–Crippen LogP) is 5.70. The molecule has 0 radical (unpaired) electrons. The summed E-state index contributed by atoms with van der Waals surface area (Å²) in [5, 5.41) is 21.0. The Morgan fingerprint density at radius 3 is 2.30 bits per heavy atom. The molecule has 1 heterocycles. The van der Waals surface area contributed by atoms with Gasteiger partial charge in [-0.3, -0.25) is 9.59 Å². The molecule has 1 amide bonds. The van der Waals surface area contributed by atoms with Crippen molar-refractivity contribution in [2.45, 2.75) is 33.4 Å². The van der Waals surface area contributed by atoms with Gasteiger partial charge in [0, 0.05) is 16.6 Å². The van der Waals surface area contributed by atoms with Gasteiger partial charge in [-0.25, -0.2) is 0 Å². The molecule has 1 fully saturated rings. The molecule has 33 heavy (non-hydrogen) atoms. The van der Waals surface area contributed by atoms with Crippen molar-refractivity contribution in [3.8, 4) is 5.75 Å². The third-order valence-electron chi connectivity index (χ3n) is 6.03. The molecular weight excluding hydrogens is 482 g/mol. The summed E-state index contributed by atoms with van der Waals surface area (Å²) in [6.45, 7) is 6.05. The summed E-state index contributed by atoms with van der Waals surface area (Å²) < 4.78 is 0.879. The smallest absolute Gasteiger partial charge is 0.295 e. The Kier molecular flexibility index (Phi) is 6.13. The number of aliphatic hydroxyl groups is 1. The summed E-state index contributed by atoms with van der Waals surface area (Å²) >= 11 is 3.45. The van der Waals surface area contributed by atoms with Crippen LogP contribution >= 0.6 is 15.9 Å². The van der Waals surface area contributed by atoms with Gasteiger partial charge in [0.25, 0.3) is 11.7 Å². The highest BCUT2D eigenvalue weighted by Gasteiger charge is 2.46. The lowest BCUT2D eigenvalue weighted by Gasteiger charge is -2.26. The Hall–Kier alpha value is -3.38. The molecule has 3 aromatic rings. The van der Waals surface area contributed by atoms with E-state index in [1.165, 1.54) is 17.0 Å². The van der Waals surface area contributed by atoms with Crippen molar-refractivity contribution in [3.63, 3.8) is 0 Å². The van der Waals surface area contributed by atoms with Crippen LogP contribution in [-0.2, 0) is 16.1 Å². The van der Waals surface area contributed by atoms with Gasteiger partial charge in [0.15, 0.2) is 0 Å². The SMILES string of the molecule is Cc1ccc(C)c(CN2C(=O)C(=O)/C(=C(\O)c3ccc(Br)c(C)c3)C2c2ccc(O)cc2)c1. The van der Waals surface area contributed by atoms with Crippen LogP contribution in [0.3, 0.4) is 0 Å². The second kappa shape index (κ2) is 8.87. The van der Waals surface area contributed by atoms with Gasteiger partial charge in [-0.1, -0.05) is 57.9 Å². The van der Waals surface area contributed by atoms with Crippen LogP contribution in [0.25, 0.3) is 5.76 Å². The lowest BCUT2D eigenvalue weighted by Crippen LogP contribution is -2.29. The highest BCUT2D eigenvalue weighted by molar-refractivity contribution is 9.10. The number of benzene rings is 3. The number of aromatic hydroxyl groups is 1. The van der Waals surface area contributed by atoms with Crippen molar-refractivity contribution in [2.75, 3.05) is 0 Å². The maximum absolute atomic E-state index is 13.2. The number of hydrogen-bond donors (Lipinski definition) is 2. The molecule has 4 rings (SSSR count). The topological polar surface area (TPSA) is 77.8 Å². The number of rotatable bonds is 4. The summed E-state index contributed by atoms with van der Waals surface area (Å²) in [6.07, 6.45) is 0. The number of carbonyl (C=O) groups is 2. The minimum absolute atomic E-state index is 0.0396. The molecular formula is C27H24BrNO4. The van der Waals surface area contributed by atoms with Crippen LogP contribution in [0.2, 0.25) is 0 Å². The number of carbonyl (C=O) groups excluding carboxylic acids is 2. The lowest BCUT2D eigenvalue weighted by molar-refractivity contribution is -0.140. The Morgan fingerprint density at radius 1 is 0.939 bits per heavy atom. The largest absolute Gasteiger partial charge is 0.508 e. The average molecular weight is 506 g/mol. The third kappa shape index (κ3) is 4.31. The number of phenolic OH excluding ortho intramolecular Hbond substituents is 1. The second-order valence-electron chi connectivity index (χ2n) is 8.41. The Balaban J connectivity index is 1.89. The zero-order valence-electron chi connectivity index (χ0n) is 18.6. The van der Waals surface area contributed by atoms with Gasteiger partial charge in [-0.2, -0.15) is 0 Å². The number of halogens is 1. The first-order valence-electron chi connectivity index (χ1n) is 10.6. The average Bonchev–Trinajstić information content (AvgIpc) is 3.03. The monoisotopic (exact) mass is 505 g/mol. The maximum Gasteiger partial charge on any atom is 0.295 e. The zero-order chi connectivity index (χ0) is 23.9. The second-order valence-corrected chi connectivity index (χ2v) is 9.27. The summed E-state index contributed by atoms with van der Waals surface area (Å²) in [7, 11) is 0. The van der Waals surface area contributed by atoms with Gasteiger partial charge >= 0.3 is 0 Å². The predicted molar refractivity (Wildman–Crippen MR) is 131 cm³/mol. The Labute approximate surface area is 201 Å². The fourth-order valence-electron chi connectivity index (χ4n) is 4.15. The van der Waals surface area contributed by atoms with Gasteiger partial charge in [-0.15, -0.1) is 0 Å². The number of phenols is 1. The van der Waals surface area contributed by atoms with Crippen LogP contribution in [0.5, 0.6) is 5.75 Å². The highest BCUT2D eigenvalue weighted by Crippen LogP contribution is 2.41. The van der Waals surface area contributed by atoms with E-state index in [1.54, 1.807) is 30.3 Å². The quantitative estimate of drug-likeness (QED) is 0.270. The van der Waals surface area contributed by atoms with Crippen molar-refractivity contribution in [1.82, 2.24) is 4.90 Å². The molecule has 1 aliphatic rings. The molecule has 0 aliphatic carbocycles. The number of nitrogens with zero attached hydrogens (tertiary/aromatic N) is 1. The van der Waals surface area contributed by atoms with E-state index in [-0.39, 0.29) is 23.6 Å². The van der Waals surface area contributed by atoms with Crippen molar-refractivity contribution >= 4 is 33.4 Å². The van der Waals surface area contributed by atoms with Crippen LogP contribution < -0.4 is 0 Å². The van der Waals surface area contributed by atoms with Gasteiger partial charge in [0.1, 0.15) is 11.5 Å². The fraction of sp³-hybridized carbons (Fsp3) is 0.185. The summed E-state index contributed by atoms with van der Waals surface area (Å²) in [5.41, 5.74) is 5.02. The van der Waals surface area contributed by atoms with E-state index in [0.717, 1.165) is 26.7 Å². The Morgan fingerprint density at radius 2 is 1.64 bits per heavy atom. The number of amides is 1. The lowest BCUT2D eigenvalue weighted by atomic mass is 9.94. The standard InChI is InChI=1S/C27H24BrNO4/c1-15-4-5-16(2)20(12-15)14-29-24(18-6-9-21(30)10-7-18)23(26(32)27(29)33)25(31)19-8-11-22(28)17(3)13-19/h4-13,24,30-31H,14H2,1-3H3/b25-23-. The molecule has 168 valence electrons. The van der Waals surface area contributed by atoms with E-state index >= 15 is 0 Å². The molecule has 3 aromatic carbocycles. The van der Waals surface area contributed by atoms with Gasteiger partial charge in [0.2, 0.25) is 0 Å². The summed E-state index contributed by atoms with van der Waals surface area (Å²) in [5.74, 6) is -1.53. The van der Waals surface area contributed by atoms with E-state index in [0.29, 0.717) is 11.1 Å². The first-order chi connectivity index (χ1) is 15.7. The third-order valence-corrected chi connectivity index (χ3v) is 6.92. The number of hydrogen-bond acceptors (Lipinski definition) is 4. The zero-order valence-corrected chi connectivity index (χ0v) is 20.2. The molecule has 1 atom stereocenters. The van der Waals surface area contributed by atoms with Crippen LogP contribution in [0, 0.1) is 20.8 Å². The number of Topliss-reactive ketones (excluding diaryl/α,β-unsaturated/α-hetero) is 1. The maximum atomic E-state index is 13.2. The minimum atomic E-state index is -0.783. The molecule has 1 unspecified atom stereocenters. The molecule has 0 saturated carbocycles. The number of aryl methyl sites for hydroxylation is 3. The summed E-state index contributed by atoms with van der Waals surface area (Å²) in [6, 6.07) is 16.8. The van der Waals surface area contributed by atoms with E-state index < -0.39 is 17.7 Å². The fourth-order valence-corrected chi connectivity index (χ4v) is 4.39. The van der Waals surface area contributed by atoms with Crippen molar-refractivity contribution < 1.29 is 19.8 Å². The van der Waals surface area contributed by atoms with Crippen molar-refractivity contribution in [3.05, 3.63) is 104 Å². The van der Waals surface area contributed by atoms with E-state index in [4.69, 9.17) is 0 Å². The van der Waals surface area contributed by atoms with Crippen LogP contribution in [0.15, 0.2) is 70.7 Å². The molecule has 6 heteroatoms. The molecule has 1 aliphatic heterocycles. The molecule has 0 bridgehead atoms. The molecule has 2 N–H and O–H groups in total. The molecule has 5 nitrogen and oxygen atoms in total. The van der Waals surface area contributed by atoms with E-state index in [2.05, 4.69) is 15.9 Å². The Bertz CT molecular complexity index is 1290. The van der Waals surface area contributed by atoms with Crippen LogP contribution in [0.1, 0.15) is 39.4 Å². The molecule has 1 saturated heterocycles. The highest BCUT2D eigenvalue weighted by atomic mass is 79.9. The van der Waals surface area contributed by atoms with Gasteiger partial charge in [-0.05, 0) is 67.3 Å². The van der Waals surface area contributed by atoms with E-state index in [1.807, 2.05) is 39.0 Å². The van der Waals surface area contributed by atoms with Crippen LogP contribution in [-0.4, -0.2) is 26.8 Å². The van der Waals surface area contributed by atoms with E-state index in [9.17, 15) is 19.8 Å². The van der Waals surface area contributed by atoms with Crippen LogP contribution in [0.4, 0.5) is 0 Å². The van der Waals surface area contributed by atoms with Crippen molar-refractivity contribution in [1.29, 1.82) is 0 Å². The minimum Gasteiger partial charge on any atom is -0.508 e. The summed E-state index contributed by atoms with van der Waals surface area (Å²) in [4.78, 5) is 27.9. The van der Waals surface area contributed by atoms with Gasteiger partial charge in [0.05, 0.1) is 11.6 Å². The molecule has 0 spiro atoms. The molecule has 0 aromatic heterocycles. The van der Waals surface area contributed by atoms with Crippen molar-refractivity contribution in [2.24, 2.45) is 0 Å². The van der Waals surface area contributed by atoms with Gasteiger partial charge < -0.3 is 15.1 Å².